The molecule has 64 valence electrons. The van der Waals surface area contributed by atoms with Crippen molar-refractivity contribution >= 4 is 28.7 Å². The van der Waals surface area contributed by atoms with Gasteiger partial charge in [-0.3, -0.25) is 10.1 Å². The number of nitrogen functional groups attached to an aromatic ring is 2. The van der Waals surface area contributed by atoms with Crippen LogP contribution in [-0.4, -0.2) is 4.92 Å². The van der Waals surface area contributed by atoms with Gasteiger partial charge in [-0.15, -0.1) is 0 Å². The molecule has 12 heavy (non-hydrogen) atoms. The third-order valence-electron chi connectivity index (χ3n) is 1.36. The van der Waals surface area contributed by atoms with E-state index in [2.05, 4.69) is 0 Å². The molecule has 0 bridgehead atoms. The highest BCUT2D eigenvalue weighted by Gasteiger charge is 2.10. The number of nitrogens with two attached hydrogens (primary N) is 2. The van der Waals surface area contributed by atoms with Gasteiger partial charge in [0.2, 0.25) is 0 Å². The number of hydrogen-bond donors (Lipinski definition) is 2. The van der Waals surface area contributed by atoms with Crippen LogP contribution in [0.5, 0.6) is 0 Å². The lowest BCUT2D eigenvalue weighted by molar-refractivity contribution is -0.384. The Morgan fingerprint density at radius 2 is 2.00 bits per heavy atom. The molecule has 0 aromatic heterocycles. The third kappa shape index (κ3) is 1.40. The molecule has 0 fully saturated rings. The van der Waals surface area contributed by atoms with E-state index in [-0.39, 0.29) is 22.1 Å². The molecule has 5 nitrogen and oxygen atoms in total. The smallest absolute Gasteiger partial charge is 0.273 e. The summed E-state index contributed by atoms with van der Waals surface area (Å²) in [5.74, 6) is 0. The zero-order valence-electron chi connectivity index (χ0n) is 5.95. The number of rotatable bonds is 1. The van der Waals surface area contributed by atoms with E-state index >= 15 is 0 Å². The van der Waals surface area contributed by atoms with Gasteiger partial charge in [-0.25, -0.2) is 0 Å². The number of nitro groups is 1. The van der Waals surface area contributed by atoms with Crippen molar-refractivity contribution in [2.24, 2.45) is 0 Å². The topological polar surface area (TPSA) is 95.2 Å². The van der Waals surface area contributed by atoms with Crippen LogP contribution in [0.1, 0.15) is 0 Å². The monoisotopic (exact) mass is 187 g/mol. The number of halogens is 1. The molecule has 1 rings (SSSR count). The van der Waals surface area contributed by atoms with E-state index in [0.717, 1.165) is 6.07 Å². The molecule has 1 aromatic carbocycles. The minimum absolute atomic E-state index is 0.0988. The lowest BCUT2D eigenvalue weighted by Gasteiger charge is -2.01. The minimum atomic E-state index is -0.582. The van der Waals surface area contributed by atoms with Crippen LogP contribution < -0.4 is 11.5 Å². The van der Waals surface area contributed by atoms with Crippen molar-refractivity contribution in [2.75, 3.05) is 11.5 Å². The largest absolute Gasteiger partial charge is 0.397 e. The van der Waals surface area contributed by atoms with Gasteiger partial charge in [-0.2, -0.15) is 0 Å². The molecule has 0 saturated carbocycles. The Labute approximate surface area is 73.1 Å². The molecular weight excluding hydrogens is 182 g/mol. The number of benzene rings is 1. The molecule has 0 saturated heterocycles. The van der Waals surface area contributed by atoms with Gasteiger partial charge >= 0.3 is 0 Å². The maximum absolute atomic E-state index is 10.3. The summed E-state index contributed by atoms with van der Waals surface area (Å²) in [6.45, 7) is 0. The number of hydrogen-bond acceptors (Lipinski definition) is 4. The van der Waals surface area contributed by atoms with Crippen molar-refractivity contribution in [3.05, 3.63) is 27.3 Å². The maximum atomic E-state index is 10.3. The van der Waals surface area contributed by atoms with E-state index in [9.17, 15) is 10.1 Å². The molecule has 0 spiro atoms. The second-order valence-electron chi connectivity index (χ2n) is 2.19. The highest BCUT2D eigenvalue weighted by atomic mass is 35.5. The summed E-state index contributed by atoms with van der Waals surface area (Å²) in [6, 6.07) is 2.33. The van der Waals surface area contributed by atoms with Crippen LogP contribution in [0.4, 0.5) is 17.1 Å². The van der Waals surface area contributed by atoms with E-state index in [1.807, 2.05) is 0 Å². The van der Waals surface area contributed by atoms with Crippen molar-refractivity contribution in [2.45, 2.75) is 0 Å². The fourth-order valence-corrected chi connectivity index (χ4v) is 0.951. The van der Waals surface area contributed by atoms with Gasteiger partial charge in [-0.05, 0) is 0 Å². The highest BCUT2D eigenvalue weighted by Crippen LogP contribution is 2.30. The van der Waals surface area contributed by atoms with Crippen molar-refractivity contribution in [1.82, 2.24) is 0 Å². The van der Waals surface area contributed by atoms with Gasteiger partial charge in [0.05, 0.1) is 21.3 Å². The standard InChI is InChI=1S/C6H6ClN3O2/c7-4-1-3(10(11)12)2-5(8)6(4)9/h1-2H,8-9H2. The maximum Gasteiger partial charge on any atom is 0.273 e. The van der Waals surface area contributed by atoms with E-state index < -0.39 is 4.92 Å². The average molecular weight is 188 g/mol. The number of nitrogens with zero attached hydrogens (tertiary/aromatic N) is 1. The summed E-state index contributed by atoms with van der Waals surface area (Å²) in [5, 5.41) is 10.4. The van der Waals surface area contributed by atoms with Gasteiger partial charge in [0.1, 0.15) is 0 Å². The van der Waals surface area contributed by atoms with Crippen molar-refractivity contribution in [1.29, 1.82) is 0 Å². The first kappa shape index (κ1) is 8.61. The van der Waals surface area contributed by atoms with Gasteiger partial charge < -0.3 is 11.5 Å². The van der Waals surface area contributed by atoms with Crippen LogP contribution in [0, 0.1) is 10.1 Å². The fourth-order valence-electron chi connectivity index (χ4n) is 0.730. The summed E-state index contributed by atoms with van der Waals surface area (Å²) >= 11 is 5.55. The zero-order valence-corrected chi connectivity index (χ0v) is 6.71. The Bertz CT molecular complexity index is 317. The Balaban J connectivity index is 3.31. The first-order valence-electron chi connectivity index (χ1n) is 3.01. The Morgan fingerprint density at radius 1 is 1.42 bits per heavy atom. The molecule has 0 atom stereocenters. The van der Waals surface area contributed by atoms with E-state index in [0.29, 0.717) is 0 Å². The molecule has 0 heterocycles. The quantitative estimate of drug-likeness (QED) is 0.395. The van der Waals surface area contributed by atoms with Gasteiger partial charge in [0.15, 0.2) is 0 Å². The van der Waals surface area contributed by atoms with E-state index in [1.54, 1.807) is 0 Å². The minimum Gasteiger partial charge on any atom is -0.397 e. The van der Waals surface area contributed by atoms with Crippen molar-refractivity contribution < 1.29 is 4.92 Å². The summed E-state index contributed by atoms with van der Waals surface area (Å²) in [4.78, 5) is 9.69. The van der Waals surface area contributed by atoms with Gasteiger partial charge in [0.25, 0.3) is 5.69 Å². The second-order valence-corrected chi connectivity index (χ2v) is 2.59. The number of anilines is 2. The van der Waals surface area contributed by atoms with E-state index in [4.69, 9.17) is 23.1 Å². The lowest BCUT2D eigenvalue weighted by atomic mass is 10.2. The van der Waals surface area contributed by atoms with Crippen LogP contribution in [0.2, 0.25) is 5.02 Å². The normalized spacial score (nSPS) is 9.75. The molecule has 0 amide bonds. The van der Waals surface area contributed by atoms with Crippen molar-refractivity contribution in [3.63, 3.8) is 0 Å². The first-order valence-corrected chi connectivity index (χ1v) is 3.39. The lowest BCUT2D eigenvalue weighted by Crippen LogP contribution is -1.97. The van der Waals surface area contributed by atoms with Crippen LogP contribution >= 0.6 is 11.6 Å². The summed E-state index contributed by atoms with van der Waals surface area (Å²) in [5.41, 5.74) is 10.8. The van der Waals surface area contributed by atoms with Crippen LogP contribution in [0.3, 0.4) is 0 Å². The molecule has 0 aliphatic heterocycles. The zero-order chi connectivity index (χ0) is 9.30. The summed E-state index contributed by atoms with van der Waals surface area (Å²) in [6.07, 6.45) is 0. The molecule has 4 N–H and O–H groups in total. The fraction of sp³-hybridized carbons (Fsp3) is 0. The SMILES string of the molecule is Nc1cc([N+](=O)[O-])cc(Cl)c1N. The van der Waals surface area contributed by atoms with Crippen LogP contribution in [0.15, 0.2) is 12.1 Å². The summed E-state index contributed by atoms with van der Waals surface area (Å²) < 4.78 is 0. The molecule has 0 unspecified atom stereocenters. The Kier molecular flexibility index (Phi) is 2.05. The molecule has 0 radical (unpaired) electrons. The highest BCUT2D eigenvalue weighted by molar-refractivity contribution is 6.34. The van der Waals surface area contributed by atoms with E-state index in [1.165, 1.54) is 6.07 Å². The van der Waals surface area contributed by atoms with Crippen LogP contribution in [0.25, 0.3) is 0 Å². The molecule has 6 heteroatoms. The summed E-state index contributed by atoms with van der Waals surface area (Å²) in [7, 11) is 0. The Morgan fingerprint density at radius 3 is 2.42 bits per heavy atom. The third-order valence-corrected chi connectivity index (χ3v) is 1.67. The molecule has 0 aliphatic rings. The predicted octanol–water partition coefficient (Wildman–Crippen LogP) is 1.41. The predicted molar refractivity (Wildman–Crippen MR) is 46.9 cm³/mol. The first-order chi connectivity index (χ1) is 5.52. The number of non-ortho nitro benzene ring substituents is 1. The van der Waals surface area contributed by atoms with Crippen LogP contribution in [-0.2, 0) is 0 Å². The second kappa shape index (κ2) is 2.86. The molecule has 0 aliphatic carbocycles. The van der Waals surface area contributed by atoms with Gasteiger partial charge in [0, 0.05) is 12.1 Å². The Hall–Kier alpha value is -1.49. The molecular formula is C6H6ClN3O2. The number of nitro benzene ring substituents is 1. The average Bonchev–Trinajstić information content (AvgIpc) is 1.99. The molecule has 1 aromatic rings. The van der Waals surface area contributed by atoms with Gasteiger partial charge in [-0.1, -0.05) is 11.6 Å². The van der Waals surface area contributed by atoms with Crippen molar-refractivity contribution in [3.8, 4) is 0 Å².